The molecule has 0 bridgehead atoms. The van der Waals surface area contributed by atoms with Gasteiger partial charge in [0, 0.05) is 0 Å². The minimum atomic E-state index is 0.811. The molecule has 1 heteroatoms. The van der Waals surface area contributed by atoms with Crippen LogP contribution in [0.2, 0.25) is 0 Å². The SMILES string of the molecule is C=C(C)/C(C)=C1/CCCOC1=C.CC. The van der Waals surface area contributed by atoms with Crippen molar-refractivity contribution in [3.63, 3.8) is 0 Å². The third-order valence-electron chi connectivity index (χ3n) is 2.28. The third kappa shape index (κ3) is 3.41. The molecule has 0 aliphatic carbocycles. The van der Waals surface area contributed by atoms with E-state index in [-0.39, 0.29) is 0 Å². The Morgan fingerprint density at radius 1 is 1.29 bits per heavy atom. The average molecular weight is 194 g/mol. The molecule has 1 rings (SSSR count). The maximum Gasteiger partial charge on any atom is 0.115 e. The minimum Gasteiger partial charge on any atom is -0.494 e. The first-order valence-electron chi connectivity index (χ1n) is 5.30. The highest BCUT2D eigenvalue weighted by molar-refractivity contribution is 5.39. The summed E-state index contributed by atoms with van der Waals surface area (Å²) in [4.78, 5) is 0. The Hall–Kier alpha value is -0.980. The summed E-state index contributed by atoms with van der Waals surface area (Å²) in [7, 11) is 0. The number of hydrogen-bond donors (Lipinski definition) is 0. The van der Waals surface area contributed by atoms with Gasteiger partial charge in [0.05, 0.1) is 6.61 Å². The van der Waals surface area contributed by atoms with Gasteiger partial charge in [0.25, 0.3) is 0 Å². The van der Waals surface area contributed by atoms with E-state index in [0.29, 0.717) is 0 Å². The van der Waals surface area contributed by atoms with Gasteiger partial charge in [-0.05, 0) is 37.8 Å². The van der Waals surface area contributed by atoms with E-state index in [0.717, 1.165) is 30.8 Å². The van der Waals surface area contributed by atoms with Crippen molar-refractivity contribution in [1.82, 2.24) is 0 Å². The quantitative estimate of drug-likeness (QED) is 0.607. The monoisotopic (exact) mass is 194 g/mol. The van der Waals surface area contributed by atoms with Crippen molar-refractivity contribution in [1.29, 1.82) is 0 Å². The summed E-state index contributed by atoms with van der Waals surface area (Å²) >= 11 is 0. The molecule has 1 saturated heterocycles. The molecule has 80 valence electrons. The maximum absolute atomic E-state index is 5.37. The highest BCUT2D eigenvalue weighted by Crippen LogP contribution is 2.27. The number of allylic oxidation sites excluding steroid dienone is 3. The second kappa shape index (κ2) is 6.47. The molecule has 1 heterocycles. The van der Waals surface area contributed by atoms with Gasteiger partial charge in [-0.25, -0.2) is 0 Å². The van der Waals surface area contributed by atoms with Crippen molar-refractivity contribution in [2.24, 2.45) is 0 Å². The number of hydrogen-bond acceptors (Lipinski definition) is 1. The molecule has 0 aromatic heterocycles. The lowest BCUT2D eigenvalue weighted by atomic mass is 9.97. The van der Waals surface area contributed by atoms with E-state index in [4.69, 9.17) is 4.74 Å². The second-order valence-corrected chi connectivity index (χ2v) is 3.26. The van der Waals surface area contributed by atoms with Crippen molar-refractivity contribution >= 4 is 0 Å². The summed E-state index contributed by atoms with van der Waals surface area (Å²) in [6.45, 7) is 16.7. The molecule has 1 fully saturated rings. The zero-order chi connectivity index (χ0) is 11.1. The molecule has 0 aromatic rings. The fourth-order valence-corrected chi connectivity index (χ4v) is 1.33. The van der Waals surface area contributed by atoms with Crippen LogP contribution >= 0.6 is 0 Å². The van der Waals surface area contributed by atoms with Gasteiger partial charge >= 0.3 is 0 Å². The first-order chi connectivity index (χ1) is 6.63. The van der Waals surface area contributed by atoms with E-state index in [2.05, 4.69) is 20.1 Å². The van der Waals surface area contributed by atoms with Crippen LogP contribution in [0.1, 0.15) is 40.5 Å². The van der Waals surface area contributed by atoms with Crippen LogP contribution < -0.4 is 0 Å². The predicted octanol–water partition coefficient (Wildman–Crippen LogP) is 4.23. The van der Waals surface area contributed by atoms with Gasteiger partial charge in [-0.2, -0.15) is 0 Å². The summed E-state index contributed by atoms with van der Waals surface area (Å²) in [5.41, 5.74) is 3.59. The van der Waals surface area contributed by atoms with E-state index in [1.54, 1.807) is 0 Å². The Bertz CT molecular complexity index is 246. The van der Waals surface area contributed by atoms with Gasteiger partial charge < -0.3 is 4.74 Å². The Labute approximate surface area is 88.2 Å². The molecular weight excluding hydrogens is 172 g/mol. The molecule has 0 aromatic carbocycles. The Morgan fingerprint density at radius 3 is 2.29 bits per heavy atom. The van der Waals surface area contributed by atoms with Crippen LogP contribution in [0.25, 0.3) is 0 Å². The molecule has 0 saturated carbocycles. The summed E-state index contributed by atoms with van der Waals surface area (Å²) in [5.74, 6) is 0.835. The van der Waals surface area contributed by atoms with Crippen molar-refractivity contribution in [3.05, 3.63) is 35.6 Å². The van der Waals surface area contributed by atoms with Crippen LogP contribution in [0.3, 0.4) is 0 Å². The lowest BCUT2D eigenvalue weighted by Gasteiger charge is -2.21. The molecule has 0 spiro atoms. The summed E-state index contributed by atoms with van der Waals surface area (Å²) < 4.78 is 5.37. The van der Waals surface area contributed by atoms with Crippen molar-refractivity contribution < 1.29 is 4.74 Å². The van der Waals surface area contributed by atoms with Crippen LogP contribution in [0, 0.1) is 0 Å². The summed E-state index contributed by atoms with van der Waals surface area (Å²) in [6, 6.07) is 0. The Balaban J connectivity index is 0.000000791. The Morgan fingerprint density at radius 2 is 1.86 bits per heavy atom. The molecule has 0 radical (unpaired) electrons. The first-order valence-corrected chi connectivity index (χ1v) is 5.30. The lowest BCUT2D eigenvalue weighted by molar-refractivity contribution is 0.194. The van der Waals surface area contributed by atoms with Crippen molar-refractivity contribution in [3.8, 4) is 0 Å². The van der Waals surface area contributed by atoms with Gasteiger partial charge in [-0.15, -0.1) is 0 Å². The lowest BCUT2D eigenvalue weighted by Crippen LogP contribution is -2.07. The van der Waals surface area contributed by atoms with Crippen LogP contribution in [-0.4, -0.2) is 6.61 Å². The van der Waals surface area contributed by atoms with Crippen LogP contribution in [0.15, 0.2) is 35.6 Å². The molecular formula is C13H22O. The third-order valence-corrected chi connectivity index (χ3v) is 2.28. The molecule has 0 N–H and O–H groups in total. The van der Waals surface area contributed by atoms with Crippen molar-refractivity contribution in [2.45, 2.75) is 40.5 Å². The zero-order valence-corrected chi connectivity index (χ0v) is 9.94. The zero-order valence-electron chi connectivity index (χ0n) is 9.94. The first kappa shape index (κ1) is 13.0. The topological polar surface area (TPSA) is 9.23 Å². The van der Waals surface area contributed by atoms with Gasteiger partial charge in [-0.1, -0.05) is 32.6 Å². The molecule has 1 aliphatic heterocycles. The van der Waals surface area contributed by atoms with Crippen LogP contribution in [-0.2, 0) is 4.74 Å². The number of ether oxygens (including phenoxy) is 1. The predicted molar refractivity (Wildman–Crippen MR) is 63.2 cm³/mol. The summed E-state index contributed by atoms with van der Waals surface area (Å²) in [5, 5.41) is 0. The highest BCUT2D eigenvalue weighted by Gasteiger charge is 2.13. The van der Waals surface area contributed by atoms with Gasteiger partial charge in [-0.3, -0.25) is 0 Å². The second-order valence-electron chi connectivity index (χ2n) is 3.26. The average Bonchev–Trinajstić information content (AvgIpc) is 2.20. The molecule has 14 heavy (non-hydrogen) atoms. The maximum atomic E-state index is 5.37. The van der Waals surface area contributed by atoms with E-state index >= 15 is 0 Å². The van der Waals surface area contributed by atoms with Crippen LogP contribution in [0.5, 0.6) is 0 Å². The van der Waals surface area contributed by atoms with E-state index < -0.39 is 0 Å². The standard InChI is InChI=1S/C11H16O.C2H6/c1-8(2)9(3)11-6-5-7-12-10(11)4;1-2/h1,4-7H2,2-3H3;1-2H3/b11-9-;. The molecule has 0 amide bonds. The smallest absolute Gasteiger partial charge is 0.115 e. The van der Waals surface area contributed by atoms with Crippen LogP contribution in [0.4, 0.5) is 0 Å². The van der Waals surface area contributed by atoms with E-state index in [1.165, 1.54) is 11.1 Å². The molecule has 0 atom stereocenters. The number of rotatable bonds is 1. The summed E-state index contributed by atoms with van der Waals surface area (Å²) in [6.07, 6.45) is 2.18. The van der Waals surface area contributed by atoms with E-state index in [9.17, 15) is 0 Å². The van der Waals surface area contributed by atoms with Gasteiger partial charge in [0.1, 0.15) is 5.76 Å². The normalized spacial score (nSPS) is 19.0. The minimum absolute atomic E-state index is 0.811. The highest BCUT2D eigenvalue weighted by atomic mass is 16.5. The van der Waals surface area contributed by atoms with Crippen molar-refractivity contribution in [2.75, 3.05) is 6.61 Å². The molecule has 1 aliphatic rings. The van der Waals surface area contributed by atoms with Gasteiger partial charge in [0.2, 0.25) is 0 Å². The fourth-order valence-electron chi connectivity index (χ4n) is 1.33. The Kier molecular flexibility index (Phi) is 6.02. The largest absolute Gasteiger partial charge is 0.494 e. The fraction of sp³-hybridized carbons (Fsp3) is 0.538. The molecule has 0 unspecified atom stereocenters. The van der Waals surface area contributed by atoms with E-state index in [1.807, 2.05) is 20.8 Å². The molecule has 1 nitrogen and oxygen atoms in total. The van der Waals surface area contributed by atoms with Gasteiger partial charge in [0.15, 0.2) is 0 Å².